The van der Waals surface area contributed by atoms with E-state index in [9.17, 15) is 0 Å². The zero-order valence-corrected chi connectivity index (χ0v) is 11.3. The lowest BCUT2D eigenvalue weighted by Gasteiger charge is -2.36. The van der Waals surface area contributed by atoms with Crippen molar-refractivity contribution in [2.75, 3.05) is 6.54 Å². The molecule has 1 heterocycles. The van der Waals surface area contributed by atoms with Crippen LogP contribution in [-0.4, -0.2) is 12.6 Å². The van der Waals surface area contributed by atoms with E-state index in [1.165, 1.54) is 45.1 Å². The Labute approximate surface area is 101 Å². The van der Waals surface area contributed by atoms with Crippen molar-refractivity contribution in [3.05, 3.63) is 0 Å². The maximum atomic E-state index is 3.75. The minimum absolute atomic E-state index is 0.832. The first-order valence-electron chi connectivity index (χ1n) is 7.37. The Morgan fingerprint density at radius 3 is 2.12 bits per heavy atom. The summed E-state index contributed by atoms with van der Waals surface area (Å²) >= 11 is 0. The Balaban J connectivity index is 1.76. The first kappa shape index (κ1) is 12.4. The van der Waals surface area contributed by atoms with Crippen LogP contribution in [0.4, 0.5) is 0 Å². The molecule has 0 spiro atoms. The average Bonchev–Trinajstić information content (AvgIpc) is 2.20. The number of hydrogen-bond donors (Lipinski definition) is 1. The van der Waals surface area contributed by atoms with Gasteiger partial charge in [-0.25, -0.2) is 0 Å². The summed E-state index contributed by atoms with van der Waals surface area (Å²) in [6.45, 7) is 8.51. The molecule has 0 aromatic heterocycles. The molecule has 4 unspecified atom stereocenters. The Morgan fingerprint density at radius 1 is 0.875 bits per heavy atom. The van der Waals surface area contributed by atoms with Gasteiger partial charge >= 0.3 is 0 Å². The SMILES string of the molecule is CC1CCC(CC2CC(C)CC(C)C2)NC1. The van der Waals surface area contributed by atoms with Crippen LogP contribution in [-0.2, 0) is 0 Å². The van der Waals surface area contributed by atoms with Crippen molar-refractivity contribution in [3.8, 4) is 0 Å². The largest absolute Gasteiger partial charge is 0.314 e. The first-order valence-corrected chi connectivity index (χ1v) is 7.37. The Kier molecular flexibility index (Phi) is 4.29. The highest BCUT2D eigenvalue weighted by Gasteiger charge is 2.27. The molecule has 1 heteroatoms. The molecular weight excluding hydrogens is 194 g/mol. The van der Waals surface area contributed by atoms with E-state index in [2.05, 4.69) is 26.1 Å². The minimum Gasteiger partial charge on any atom is -0.314 e. The Hall–Kier alpha value is -0.0400. The maximum absolute atomic E-state index is 3.75. The molecule has 1 saturated carbocycles. The van der Waals surface area contributed by atoms with Gasteiger partial charge in [-0.15, -0.1) is 0 Å². The van der Waals surface area contributed by atoms with Gasteiger partial charge < -0.3 is 5.32 Å². The molecule has 2 rings (SSSR count). The molecule has 16 heavy (non-hydrogen) atoms. The van der Waals surface area contributed by atoms with Gasteiger partial charge in [0.25, 0.3) is 0 Å². The second-order valence-corrected chi connectivity index (χ2v) is 6.81. The van der Waals surface area contributed by atoms with Crippen molar-refractivity contribution >= 4 is 0 Å². The maximum Gasteiger partial charge on any atom is 0.00699 e. The van der Waals surface area contributed by atoms with Gasteiger partial charge in [0.05, 0.1) is 0 Å². The second-order valence-electron chi connectivity index (χ2n) is 6.81. The lowest BCUT2D eigenvalue weighted by Crippen LogP contribution is -2.40. The van der Waals surface area contributed by atoms with Crippen LogP contribution in [0.15, 0.2) is 0 Å². The predicted octanol–water partition coefficient (Wildman–Crippen LogP) is 3.84. The van der Waals surface area contributed by atoms with E-state index in [1.54, 1.807) is 0 Å². The van der Waals surface area contributed by atoms with Crippen molar-refractivity contribution in [2.45, 2.75) is 65.3 Å². The van der Waals surface area contributed by atoms with Crippen LogP contribution in [0.1, 0.15) is 59.3 Å². The lowest BCUT2D eigenvalue weighted by atomic mass is 9.74. The third kappa shape index (κ3) is 3.48. The van der Waals surface area contributed by atoms with E-state index in [0.717, 1.165) is 29.7 Å². The van der Waals surface area contributed by atoms with Gasteiger partial charge in [-0.05, 0) is 68.7 Å². The molecule has 1 aliphatic carbocycles. The predicted molar refractivity (Wildman–Crippen MR) is 70.5 cm³/mol. The van der Waals surface area contributed by atoms with Crippen LogP contribution in [0.2, 0.25) is 0 Å². The van der Waals surface area contributed by atoms with Crippen LogP contribution in [0.25, 0.3) is 0 Å². The monoisotopic (exact) mass is 223 g/mol. The minimum atomic E-state index is 0.832. The van der Waals surface area contributed by atoms with Crippen LogP contribution >= 0.6 is 0 Å². The van der Waals surface area contributed by atoms with E-state index in [1.807, 2.05) is 0 Å². The summed E-state index contributed by atoms with van der Waals surface area (Å²) in [5, 5.41) is 3.75. The molecule has 0 radical (unpaired) electrons. The summed E-state index contributed by atoms with van der Waals surface area (Å²) < 4.78 is 0. The standard InChI is InChI=1S/C15H29N/c1-11-4-5-15(16-10-11)9-14-7-12(2)6-13(3)8-14/h11-16H,4-10H2,1-3H3. The van der Waals surface area contributed by atoms with Gasteiger partial charge in [0.2, 0.25) is 0 Å². The van der Waals surface area contributed by atoms with E-state index < -0.39 is 0 Å². The molecule has 1 saturated heterocycles. The van der Waals surface area contributed by atoms with Gasteiger partial charge in [0.15, 0.2) is 0 Å². The highest BCUT2D eigenvalue weighted by molar-refractivity contribution is 4.82. The normalized spacial score (nSPS) is 45.6. The van der Waals surface area contributed by atoms with Gasteiger partial charge in [-0.3, -0.25) is 0 Å². The molecule has 0 aromatic rings. The molecule has 2 fully saturated rings. The average molecular weight is 223 g/mol. The Bertz CT molecular complexity index is 195. The highest BCUT2D eigenvalue weighted by atomic mass is 14.9. The third-order valence-electron chi connectivity index (χ3n) is 4.66. The fourth-order valence-electron chi connectivity index (χ4n) is 3.97. The fraction of sp³-hybridized carbons (Fsp3) is 1.00. The summed E-state index contributed by atoms with van der Waals surface area (Å²) in [5.74, 6) is 3.85. The summed E-state index contributed by atoms with van der Waals surface area (Å²) in [7, 11) is 0. The fourth-order valence-corrected chi connectivity index (χ4v) is 3.97. The van der Waals surface area contributed by atoms with Crippen LogP contribution < -0.4 is 5.32 Å². The van der Waals surface area contributed by atoms with Gasteiger partial charge in [0.1, 0.15) is 0 Å². The summed E-state index contributed by atoms with van der Waals surface area (Å²) in [5.41, 5.74) is 0. The summed E-state index contributed by atoms with van der Waals surface area (Å²) in [6.07, 6.45) is 8.74. The van der Waals surface area contributed by atoms with Gasteiger partial charge in [0, 0.05) is 6.04 Å². The van der Waals surface area contributed by atoms with Crippen molar-refractivity contribution < 1.29 is 0 Å². The van der Waals surface area contributed by atoms with Gasteiger partial charge in [-0.1, -0.05) is 20.8 Å². The van der Waals surface area contributed by atoms with Crippen molar-refractivity contribution in [2.24, 2.45) is 23.7 Å². The third-order valence-corrected chi connectivity index (χ3v) is 4.66. The van der Waals surface area contributed by atoms with E-state index in [-0.39, 0.29) is 0 Å². The topological polar surface area (TPSA) is 12.0 Å². The molecule has 2 aliphatic rings. The second kappa shape index (κ2) is 5.53. The molecule has 1 aliphatic heterocycles. The number of hydrogen-bond acceptors (Lipinski definition) is 1. The van der Waals surface area contributed by atoms with Crippen molar-refractivity contribution in [1.29, 1.82) is 0 Å². The molecular formula is C15H29N. The summed E-state index contributed by atoms with van der Waals surface area (Å²) in [6, 6.07) is 0.832. The zero-order chi connectivity index (χ0) is 11.5. The molecule has 1 nitrogen and oxygen atoms in total. The molecule has 0 amide bonds. The number of rotatable bonds is 2. The highest BCUT2D eigenvalue weighted by Crippen LogP contribution is 2.36. The Morgan fingerprint density at radius 2 is 1.56 bits per heavy atom. The summed E-state index contributed by atoms with van der Waals surface area (Å²) in [4.78, 5) is 0. The van der Waals surface area contributed by atoms with Gasteiger partial charge in [-0.2, -0.15) is 0 Å². The first-order chi connectivity index (χ1) is 7.63. The zero-order valence-electron chi connectivity index (χ0n) is 11.3. The van der Waals surface area contributed by atoms with Crippen molar-refractivity contribution in [1.82, 2.24) is 5.32 Å². The smallest absolute Gasteiger partial charge is 0.00699 e. The number of nitrogens with one attached hydrogen (secondary N) is 1. The molecule has 1 N–H and O–H groups in total. The molecule has 0 bridgehead atoms. The molecule has 94 valence electrons. The van der Waals surface area contributed by atoms with Crippen LogP contribution in [0, 0.1) is 23.7 Å². The van der Waals surface area contributed by atoms with E-state index in [0.29, 0.717) is 0 Å². The van der Waals surface area contributed by atoms with Crippen LogP contribution in [0.3, 0.4) is 0 Å². The molecule has 4 atom stereocenters. The van der Waals surface area contributed by atoms with E-state index >= 15 is 0 Å². The lowest BCUT2D eigenvalue weighted by molar-refractivity contribution is 0.181. The van der Waals surface area contributed by atoms with E-state index in [4.69, 9.17) is 0 Å². The number of piperidine rings is 1. The van der Waals surface area contributed by atoms with Crippen LogP contribution in [0.5, 0.6) is 0 Å². The van der Waals surface area contributed by atoms with Crippen molar-refractivity contribution in [3.63, 3.8) is 0 Å². The quantitative estimate of drug-likeness (QED) is 0.750. The molecule has 0 aromatic carbocycles.